The van der Waals surface area contributed by atoms with E-state index in [2.05, 4.69) is 10.2 Å². The van der Waals surface area contributed by atoms with Gasteiger partial charge in [-0.2, -0.15) is 0 Å². The molecule has 28 heavy (non-hydrogen) atoms. The van der Waals surface area contributed by atoms with Crippen LogP contribution in [0.25, 0.3) is 0 Å². The van der Waals surface area contributed by atoms with Crippen LogP contribution < -0.4 is 0 Å². The summed E-state index contributed by atoms with van der Waals surface area (Å²) in [6, 6.07) is 6.61. The second-order valence-corrected chi connectivity index (χ2v) is 8.50. The number of aromatic nitrogens is 3. The van der Waals surface area contributed by atoms with Gasteiger partial charge in [-0.1, -0.05) is 0 Å². The van der Waals surface area contributed by atoms with Gasteiger partial charge in [-0.15, -0.1) is 21.5 Å². The predicted octanol–water partition coefficient (Wildman–Crippen LogP) is 3.70. The average molecular weight is 416 g/mol. The van der Waals surface area contributed by atoms with Crippen molar-refractivity contribution in [1.29, 1.82) is 0 Å². The number of fused-ring (bicyclic) bond motifs is 1. The van der Waals surface area contributed by atoms with Crippen molar-refractivity contribution in [3.63, 3.8) is 0 Å². The Morgan fingerprint density at radius 2 is 2.21 bits per heavy atom. The van der Waals surface area contributed by atoms with E-state index < -0.39 is 4.92 Å². The van der Waals surface area contributed by atoms with Gasteiger partial charge in [0.2, 0.25) is 0 Å². The minimum atomic E-state index is -0.466. The van der Waals surface area contributed by atoms with Gasteiger partial charge in [0.1, 0.15) is 6.33 Å². The second-order valence-electron chi connectivity index (χ2n) is 6.49. The maximum Gasteiger partial charge on any atom is 0.284 e. The number of rotatable bonds is 4. The monoisotopic (exact) mass is 415 g/mol. The van der Waals surface area contributed by atoms with E-state index in [0.717, 1.165) is 23.7 Å². The van der Waals surface area contributed by atoms with Crippen molar-refractivity contribution in [3.8, 4) is 0 Å². The Morgan fingerprint density at radius 1 is 1.39 bits per heavy atom. The van der Waals surface area contributed by atoms with Gasteiger partial charge in [-0.25, -0.2) is 0 Å². The molecule has 1 aliphatic heterocycles. The molecule has 1 atom stereocenters. The zero-order chi connectivity index (χ0) is 19.8. The van der Waals surface area contributed by atoms with Crippen molar-refractivity contribution in [2.24, 2.45) is 7.05 Å². The summed E-state index contributed by atoms with van der Waals surface area (Å²) in [5.74, 6) is -0.192. The number of carbonyl (C=O) groups excluding carboxylic acids is 1. The topological polar surface area (TPSA) is 94.2 Å². The summed E-state index contributed by atoms with van der Waals surface area (Å²) in [4.78, 5) is 27.7. The molecule has 1 amide bonds. The standard InChI is InChI=1S/C18H17N5O3S2/c1-11-13-6-8-27-15(13)5-7-22(11)17(24)12-3-4-16(14(9-12)23(25)26)28-18-20-19-10-21(18)2/h3-4,6,8-11H,5,7H2,1-2H3/t11-/m0/s1. The van der Waals surface area contributed by atoms with Crippen LogP contribution in [0.5, 0.6) is 0 Å². The fraction of sp³-hybridized carbons (Fsp3) is 0.278. The number of nitrogens with zero attached hydrogens (tertiary/aromatic N) is 5. The molecule has 4 rings (SSSR count). The number of benzene rings is 1. The molecular formula is C18H17N5O3S2. The van der Waals surface area contributed by atoms with Crippen LogP contribution in [0.1, 0.15) is 33.8 Å². The zero-order valence-electron chi connectivity index (χ0n) is 15.2. The van der Waals surface area contributed by atoms with E-state index in [9.17, 15) is 14.9 Å². The molecule has 0 bridgehead atoms. The fourth-order valence-electron chi connectivity index (χ4n) is 3.30. The number of nitro benzene ring substituents is 1. The molecular weight excluding hydrogens is 398 g/mol. The summed E-state index contributed by atoms with van der Waals surface area (Å²) in [7, 11) is 1.77. The van der Waals surface area contributed by atoms with Gasteiger partial charge in [0.05, 0.1) is 15.9 Å². The van der Waals surface area contributed by atoms with Gasteiger partial charge >= 0.3 is 0 Å². The Labute approximate surface area is 169 Å². The first-order valence-corrected chi connectivity index (χ1v) is 10.3. The van der Waals surface area contributed by atoms with E-state index >= 15 is 0 Å². The van der Waals surface area contributed by atoms with Crippen molar-refractivity contribution in [1.82, 2.24) is 19.7 Å². The van der Waals surface area contributed by atoms with E-state index in [0.29, 0.717) is 22.2 Å². The molecule has 0 spiro atoms. The Morgan fingerprint density at radius 3 is 2.93 bits per heavy atom. The summed E-state index contributed by atoms with van der Waals surface area (Å²) >= 11 is 2.86. The van der Waals surface area contributed by atoms with Crippen LogP contribution in [0.3, 0.4) is 0 Å². The van der Waals surface area contributed by atoms with Crippen LogP contribution in [0.2, 0.25) is 0 Å². The first-order chi connectivity index (χ1) is 13.5. The Balaban J connectivity index is 1.63. The number of hydrogen-bond donors (Lipinski definition) is 0. The van der Waals surface area contributed by atoms with Crippen molar-refractivity contribution in [2.75, 3.05) is 6.54 Å². The first-order valence-electron chi connectivity index (χ1n) is 8.63. The molecule has 0 aliphatic carbocycles. The Kier molecular flexibility index (Phi) is 4.90. The summed E-state index contributed by atoms with van der Waals surface area (Å²) in [5, 5.41) is 21.9. The van der Waals surface area contributed by atoms with Crippen molar-refractivity contribution < 1.29 is 9.72 Å². The molecule has 0 radical (unpaired) electrons. The van der Waals surface area contributed by atoms with Gasteiger partial charge in [0.25, 0.3) is 11.6 Å². The third-order valence-corrected chi connectivity index (χ3v) is 6.93. The molecule has 1 aromatic carbocycles. The maximum absolute atomic E-state index is 13.1. The quantitative estimate of drug-likeness (QED) is 0.476. The molecule has 3 aromatic rings. The molecule has 0 saturated heterocycles. The highest BCUT2D eigenvalue weighted by atomic mass is 32.2. The lowest BCUT2D eigenvalue weighted by Gasteiger charge is -2.33. The van der Waals surface area contributed by atoms with Crippen LogP contribution in [0, 0.1) is 10.1 Å². The fourth-order valence-corrected chi connectivity index (χ4v) is 5.11. The average Bonchev–Trinajstić information content (AvgIpc) is 3.31. The largest absolute Gasteiger partial charge is 0.331 e. The number of nitro groups is 1. The van der Waals surface area contributed by atoms with E-state index in [1.165, 1.54) is 17.3 Å². The van der Waals surface area contributed by atoms with Crippen LogP contribution in [0.4, 0.5) is 5.69 Å². The molecule has 8 nitrogen and oxygen atoms in total. The zero-order valence-corrected chi connectivity index (χ0v) is 16.9. The molecule has 0 fully saturated rings. The van der Waals surface area contributed by atoms with Crippen LogP contribution in [0.15, 0.2) is 46.0 Å². The smallest absolute Gasteiger partial charge is 0.284 e. The maximum atomic E-state index is 13.1. The number of thiophene rings is 1. The lowest BCUT2D eigenvalue weighted by Crippen LogP contribution is -2.38. The second kappa shape index (κ2) is 7.36. The molecule has 10 heteroatoms. The molecule has 0 unspecified atom stereocenters. The highest BCUT2D eigenvalue weighted by Gasteiger charge is 2.30. The summed E-state index contributed by atoms with van der Waals surface area (Å²) in [6.45, 7) is 2.60. The van der Waals surface area contributed by atoms with E-state index in [-0.39, 0.29) is 17.6 Å². The van der Waals surface area contributed by atoms with Crippen LogP contribution in [-0.4, -0.2) is 37.0 Å². The van der Waals surface area contributed by atoms with Gasteiger partial charge in [-0.05, 0) is 54.2 Å². The SMILES string of the molecule is C[C@H]1c2ccsc2CCN1C(=O)c1ccc(Sc2nncn2C)c([N+](=O)[O-])c1. The number of aryl methyl sites for hydroxylation is 1. The Hall–Kier alpha value is -2.72. The molecule has 1 aliphatic rings. The van der Waals surface area contributed by atoms with Gasteiger partial charge < -0.3 is 9.47 Å². The van der Waals surface area contributed by atoms with Crippen molar-refractivity contribution >= 4 is 34.7 Å². The Bertz CT molecular complexity index is 1060. The number of amides is 1. The van der Waals surface area contributed by atoms with Crippen molar-refractivity contribution in [3.05, 3.63) is 62.1 Å². The normalized spacial score (nSPS) is 16.1. The van der Waals surface area contributed by atoms with Gasteiger partial charge in [0, 0.05) is 30.1 Å². The minimum absolute atomic E-state index is 0.0470. The number of carbonyl (C=O) groups is 1. The van der Waals surface area contributed by atoms with E-state index in [4.69, 9.17) is 0 Å². The minimum Gasteiger partial charge on any atom is -0.331 e. The highest BCUT2D eigenvalue weighted by Crippen LogP contribution is 2.36. The summed E-state index contributed by atoms with van der Waals surface area (Å²) in [6.07, 6.45) is 2.34. The molecule has 0 saturated carbocycles. The van der Waals surface area contributed by atoms with Gasteiger partial charge in [0.15, 0.2) is 5.16 Å². The third kappa shape index (κ3) is 3.29. The van der Waals surface area contributed by atoms with E-state index in [1.54, 1.807) is 40.0 Å². The van der Waals surface area contributed by atoms with Crippen LogP contribution >= 0.6 is 23.1 Å². The number of hydrogen-bond acceptors (Lipinski definition) is 7. The molecule has 3 heterocycles. The molecule has 2 aromatic heterocycles. The highest BCUT2D eigenvalue weighted by molar-refractivity contribution is 7.99. The lowest BCUT2D eigenvalue weighted by molar-refractivity contribution is -0.387. The summed E-state index contributed by atoms with van der Waals surface area (Å²) in [5.41, 5.74) is 1.37. The summed E-state index contributed by atoms with van der Waals surface area (Å²) < 4.78 is 1.68. The van der Waals surface area contributed by atoms with E-state index in [1.807, 2.05) is 18.4 Å². The third-order valence-electron chi connectivity index (χ3n) is 4.81. The van der Waals surface area contributed by atoms with Crippen LogP contribution in [-0.2, 0) is 13.5 Å². The molecule has 0 N–H and O–H groups in total. The van der Waals surface area contributed by atoms with Crippen molar-refractivity contribution in [2.45, 2.75) is 29.4 Å². The first kappa shape index (κ1) is 18.6. The van der Waals surface area contributed by atoms with Gasteiger partial charge in [-0.3, -0.25) is 14.9 Å². The molecule has 144 valence electrons. The lowest BCUT2D eigenvalue weighted by atomic mass is 10.0. The predicted molar refractivity (Wildman–Crippen MR) is 106 cm³/mol.